The SMILES string of the molecule is CCS(=O)(=O)OC1CCNCC1.Cl. The van der Waals surface area contributed by atoms with Gasteiger partial charge in [0.15, 0.2) is 0 Å². The molecule has 1 N–H and O–H groups in total. The van der Waals surface area contributed by atoms with E-state index in [0.29, 0.717) is 0 Å². The van der Waals surface area contributed by atoms with E-state index in [2.05, 4.69) is 5.32 Å². The number of hydrogen-bond donors (Lipinski definition) is 1. The topological polar surface area (TPSA) is 55.4 Å². The van der Waals surface area contributed by atoms with Crippen LogP contribution in [-0.4, -0.2) is 33.4 Å². The van der Waals surface area contributed by atoms with Crippen LogP contribution in [0.3, 0.4) is 0 Å². The van der Waals surface area contributed by atoms with E-state index in [1.165, 1.54) is 0 Å². The van der Waals surface area contributed by atoms with E-state index in [4.69, 9.17) is 4.18 Å². The van der Waals surface area contributed by atoms with Gasteiger partial charge in [0.1, 0.15) is 0 Å². The fourth-order valence-electron chi connectivity index (χ4n) is 1.17. The molecule has 0 aromatic heterocycles. The summed E-state index contributed by atoms with van der Waals surface area (Å²) in [7, 11) is -3.25. The monoisotopic (exact) mass is 229 g/mol. The summed E-state index contributed by atoms with van der Waals surface area (Å²) in [5.74, 6) is 0.0664. The van der Waals surface area contributed by atoms with Crippen LogP contribution in [0.4, 0.5) is 0 Å². The third-order valence-electron chi connectivity index (χ3n) is 1.92. The molecule has 0 radical (unpaired) electrons. The zero-order valence-electron chi connectivity index (χ0n) is 7.65. The molecule has 1 fully saturated rings. The van der Waals surface area contributed by atoms with E-state index in [1.54, 1.807) is 6.92 Å². The molecule has 0 aromatic carbocycles. The van der Waals surface area contributed by atoms with Gasteiger partial charge in [-0.3, -0.25) is 4.18 Å². The van der Waals surface area contributed by atoms with Crippen LogP contribution in [0, 0.1) is 0 Å². The molecule has 0 unspecified atom stereocenters. The van der Waals surface area contributed by atoms with Gasteiger partial charge in [0.25, 0.3) is 10.1 Å². The molecule has 1 heterocycles. The lowest BCUT2D eigenvalue weighted by Gasteiger charge is -2.21. The lowest BCUT2D eigenvalue weighted by atomic mass is 10.1. The lowest BCUT2D eigenvalue weighted by molar-refractivity contribution is 0.170. The number of rotatable bonds is 3. The fourth-order valence-corrected chi connectivity index (χ4v) is 1.91. The maximum Gasteiger partial charge on any atom is 0.267 e. The van der Waals surface area contributed by atoms with Crippen LogP contribution in [-0.2, 0) is 14.3 Å². The molecular weight excluding hydrogens is 214 g/mol. The van der Waals surface area contributed by atoms with Gasteiger partial charge < -0.3 is 5.32 Å². The Bertz CT molecular complexity index is 224. The fraction of sp³-hybridized carbons (Fsp3) is 1.00. The van der Waals surface area contributed by atoms with E-state index < -0.39 is 10.1 Å². The van der Waals surface area contributed by atoms with Gasteiger partial charge >= 0.3 is 0 Å². The molecule has 0 bridgehead atoms. The molecule has 1 aliphatic rings. The number of halogens is 1. The first-order valence-electron chi connectivity index (χ1n) is 4.26. The van der Waals surface area contributed by atoms with Crippen LogP contribution < -0.4 is 5.32 Å². The summed E-state index contributed by atoms with van der Waals surface area (Å²) in [5, 5.41) is 3.14. The van der Waals surface area contributed by atoms with Crippen molar-refractivity contribution in [3.05, 3.63) is 0 Å². The minimum atomic E-state index is -3.25. The number of hydrogen-bond acceptors (Lipinski definition) is 4. The first-order valence-corrected chi connectivity index (χ1v) is 5.83. The third-order valence-corrected chi connectivity index (χ3v) is 3.19. The van der Waals surface area contributed by atoms with Crippen molar-refractivity contribution in [3.8, 4) is 0 Å². The molecule has 4 nitrogen and oxygen atoms in total. The van der Waals surface area contributed by atoms with Crippen LogP contribution in [0.25, 0.3) is 0 Å². The minimum absolute atomic E-state index is 0. The molecule has 0 amide bonds. The molecule has 1 aliphatic heterocycles. The van der Waals surface area contributed by atoms with Crippen molar-refractivity contribution >= 4 is 22.5 Å². The molecule has 0 saturated carbocycles. The highest BCUT2D eigenvalue weighted by Gasteiger charge is 2.19. The highest BCUT2D eigenvalue weighted by molar-refractivity contribution is 7.86. The van der Waals surface area contributed by atoms with Gasteiger partial charge in [-0.2, -0.15) is 8.42 Å². The Hall–Kier alpha value is 0.160. The highest BCUT2D eigenvalue weighted by atomic mass is 35.5. The van der Waals surface area contributed by atoms with Crippen molar-refractivity contribution in [1.29, 1.82) is 0 Å². The summed E-state index contributed by atoms with van der Waals surface area (Å²) in [4.78, 5) is 0. The van der Waals surface area contributed by atoms with Gasteiger partial charge in [0, 0.05) is 0 Å². The van der Waals surface area contributed by atoms with Crippen molar-refractivity contribution in [3.63, 3.8) is 0 Å². The molecule has 0 aromatic rings. The molecular formula is C7H16ClNO3S. The Kier molecular flexibility index (Phi) is 5.87. The Morgan fingerprint density at radius 3 is 2.38 bits per heavy atom. The molecule has 1 saturated heterocycles. The second kappa shape index (κ2) is 5.80. The Balaban J connectivity index is 0.00000144. The van der Waals surface area contributed by atoms with E-state index in [-0.39, 0.29) is 24.3 Å². The van der Waals surface area contributed by atoms with Crippen LogP contribution in [0.1, 0.15) is 19.8 Å². The summed E-state index contributed by atoms with van der Waals surface area (Å²) in [5.41, 5.74) is 0. The smallest absolute Gasteiger partial charge is 0.267 e. The van der Waals surface area contributed by atoms with Crippen LogP contribution in [0.2, 0.25) is 0 Å². The molecule has 80 valence electrons. The van der Waals surface area contributed by atoms with E-state index in [9.17, 15) is 8.42 Å². The van der Waals surface area contributed by atoms with Gasteiger partial charge in [-0.05, 0) is 32.9 Å². The first kappa shape index (κ1) is 13.2. The minimum Gasteiger partial charge on any atom is -0.317 e. The van der Waals surface area contributed by atoms with Gasteiger partial charge in [0.2, 0.25) is 0 Å². The molecule has 0 spiro atoms. The molecule has 6 heteroatoms. The first-order chi connectivity index (χ1) is 5.64. The van der Waals surface area contributed by atoms with E-state index >= 15 is 0 Å². The lowest BCUT2D eigenvalue weighted by Crippen LogP contribution is -2.34. The van der Waals surface area contributed by atoms with Gasteiger partial charge in [-0.15, -0.1) is 12.4 Å². The van der Waals surface area contributed by atoms with Crippen LogP contribution in [0.5, 0.6) is 0 Å². The second-order valence-corrected chi connectivity index (χ2v) is 4.78. The van der Waals surface area contributed by atoms with Gasteiger partial charge in [-0.1, -0.05) is 0 Å². The standard InChI is InChI=1S/C7H15NO3S.ClH/c1-2-12(9,10)11-7-3-5-8-6-4-7;/h7-8H,2-6H2,1H3;1H. The average molecular weight is 230 g/mol. The van der Waals surface area contributed by atoms with Crippen molar-refractivity contribution < 1.29 is 12.6 Å². The summed E-state index contributed by atoms with van der Waals surface area (Å²) in [6.07, 6.45) is 1.48. The maximum atomic E-state index is 11.0. The van der Waals surface area contributed by atoms with Gasteiger partial charge in [-0.25, -0.2) is 0 Å². The molecule has 13 heavy (non-hydrogen) atoms. The van der Waals surface area contributed by atoms with Crippen molar-refractivity contribution in [2.45, 2.75) is 25.9 Å². The van der Waals surface area contributed by atoms with E-state index in [0.717, 1.165) is 25.9 Å². The predicted octanol–water partition coefficient (Wildman–Crippen LogP) is 0.527. The normalized spacial score (nSPS) is 19.5. The largest absolute Gasteiger partial charge is 0.317 e. The number of nitrogens with one attached hydrogen (secondary N) is 1. The third kappa shape index (κ3) is 4.81. The van der Waals surface area contributed by atoms with E-state index in [1.807, 2.05) is 0 Å². The Morgan fingerprint density at radius 2 is 1.92 bits per heavy atom. The second-order valence-electron chi connectivity index (χ2n) is 2.89. The van der Waals surface area contributed by atoms with Crippen molar-refractivity contribution in [2.24, 2.45) is 0 Å². The predicted molar refractivity (Wildman–Crippen MR) is 53.7 cm³/mol. The van der Waals surface area contributed by atoms with Crippen LogP contribution >= 0.6 is 12.4 Å². The summed E-state index contributed by atoms with van der Waals surface area (Å²) in [6.45, 7) is 3.30. The quantitative estimate of drug-likeness (QED) is 0.718. The zero-order chi connectivity index (χ0) is 9.03. The summed E-state index contributed by atoms with van der Waals surface area (Å²) < 4.78 is 27.0. The maximum absolute atomic E-state index is 11.0. The van der Waals surface area contributed by atoms with Crippen LogP contribution in [0.15, 0.2) is 0 Å². The van der Waals surface area contributed by atoms with Crippen molar-refractivity contribution in [2.75, 3.05) is 18.8 Å². The van der Waals surface area contributed by atoms with Gasteiger partial charge in [0.05, 0.1) is 11.9 Å². The average Bonchev–Trinajstić information content (AvgIpc) is 2.06. The Labute approximate surface area is 85.6 Å². The molecule has 1 rings (SSSR count). The molecule has 0 aliphatic carbocycles. The number of piperidine rings is 1. The summed E-state index contributed by atoms with van der Waals surface area (Å²) in [6, 6.07) is 0. The Morgan fingerprint density at radius 1 is 1.38 bits per heavy atom. The molecule has 0 atom stereocenters. The zero-order valence-corrected chi connectivity index (χ0v) is 9.29. The highest BCUT2D eigenvalue weighted by Crippen LogP contribution is 2.10. The van der Waals surface area contributed by atoms with Crippen molar-refractivity contribution in [1.82, 2.24) is 5.32 Å². The summed E-state index contributed by atoms with van der Waals surface area (Å²) >= 11 is 0.